The van der Waals surface area contributed by atoms with Crippen molar-refractivity contribution in [1.29, 1.82) is 0 Å². The summed E-state index contributed by atoms with van der Waals surface area (Å²) in [5.41, 5.74) is 1.92. The van der Waals surface area contributed by atoms with Crippen LogP contribution in [0.4, 0.5) is 0 Å². The van der Waals surface area contributed by atoms with Crippen molar-refractivity contribution >= 4 is 11.6 Å². The highest BCUT2D eigenvalue weighted by Gasteiger charge is 2.52. The van der Waals surface area contributed by atoms with Crippen molar-refractivity contribution < 1.29 is 19.7 Å². The Labute approximate surface area is 170 Å². The van der Waals surface area contributed by atoms with Crippen LogP contribution < -0.4 is 10.1 Å². The number of aliphatic hydroxyl groups excluding tert-OH is 1. The predicted molar refractivity (Wildman–Crippen MR) is 108 cm³/mol. The first-order valence-electron chi connectivity index (χ1n) is 9.76. The predicted octanol–water partition coefficient (Wildman–Crippen LogP) is 2.85. The number of nitrogens with one attached hydrogen (secondary N) is 1. The summed E-state index contributed by atoms with van der Waals surface area (Å²) in [6, 6.07) is 13.9. The van der Waals surface area contributed by atoms with E-state index in [1.165, 1.54) is 0 Å². The van der Waals surface area contributed by atoms with E-state index in [0.717, 1.165) is 22.4 Å². The fraction of sp³-hybridized carbons (Fsp3) is 0.455. The average molecular weight is 404 g/mol. The molecule has 0 aromatic heterocycles. The molecular formula is C22H26ClNO4. The molecule has 2 saturated heterocycles. The molecule has 0 aliphatic carbocycles. The van der Waals surface area contributed by atoms with E-state index in [4.69, 9.17) is 21.1 Å². The molecular weight excluding hydrogens is 378 g/mol. The maximum absolute atomic E-state index is 10.6. The summed E-state index contributed by atoms with van der Waals surface area (Å²) in [4.78, 5) is 0. The van der Waals surface area contributed by atoms with E-state index >= 15 is 0 Å². The van der Waals surface area contributed by atoms with Crippen molar-refractivity contribution in [2.45, 2.75) is 43.7 Å². The largest absolute Gasteiger partial charge is 0.494 e. The highest BCUT2D eigenvalue weighted by molar-refractivity contribution is 6.31. The van der Waals surface area contributed by atoms with Crippen LogP contribution in [0.2, 0.25) is 5.02 Å². The zero-order valence-electron chi connectivity index (χ0n) is 15.9. The Hall–Kier alpha value is -1.63. The van der Waals surface area contributed by atoms with Crippen LogP contribution in [-0.4, -0.2) is 47.7 Å². The van der Waals surface area contributed by atoms with Gasteiger partial charge in [-0.1, -0.05) is 35.9 Å². The van der Waals surface area contributed by atoms with Gasteiger partial charge >= 0.3 is 0 Å². The third kappa shape index (κ3) is 3.78. The van der Waals surface area contributed by atoms with Crippen molar-refractivity contribution in [3.8, 4) is 5.75 Å². The van der Waals surface area contributed by atoms with Gasteiger partial charge in [0.2, 0.25) is 0 Å². The van der Waals surface area contributed by atoms with Crippen LogP contribution >= 0.6 is 11.6 Å². The van der Waals surface area contributed by atoms with Crippen LogP contribution in [0.5, 0.6) is 5.75 Å². The first-order chi connectivity index (χ1) is 13.5. The number of halogens is 1. The lowest BCUT2D eigenvalue weighted by molar-refractivity contribution is -0.207. The normalized spacial score (nSPS) is 29.5. The Kier molecular flexibility index (Phi) is 5.63. The second-order valence-electron chi connectivity index (χ2n) is 7.59. The lowest BCUT2D eigenvalue weighted by Crippen LogP contribution is -2.57. The molecule has 0 saturated carbocycles. The molecule has 4 rings (SSSR count). The average Bonchev–Trinajstić information content (AvgIpc) is 3.08. The van der Waals surface area contributed by atoms with Gasteiger partial charge in [0, 0.05) is 24.5 Å². The number of rotatable bonds is 5. The standard InChI is InChI=1S/C22H26ClNO4/c1-2-27-17-6-3-14(4-7-17)9-16-10-15(5-8-18(16)23)19-11-20(25)22(26)13-24-12-21(22)28-19/h3-8,10,19-21,24-26H,2,9,11-13H2,1H3. The maximum atomic E-state index is 10.6. The van der Waals surface area contributed by atoms with Crippen LogP contribution in [0, 0.1) is 0 Å². The third-order valence-electron chi connectivity index (χ3n) is 5.71. The first kappa shape index (κ1) is 19.7. The number of fused-ring (bicyclic) bond motifs is 1. The van der Waals surface area contributed by atoms with Crippen LogP contribution in [-0.2, 0) is 11.2 Å². The van der Waals surface area contributed by atoms with Crippen molar-refractivity contribution in [3.63, 3.8) is 0 Å². The van der Waals surface area contributed by atoms with E-state index in [-0.39, 0.29) is 6.10 Å². The number of β-amino-alcohol motifs (C(OH)–C–C–N with tert-alkyl or cyclic N) is 1. The van der Waals surface area contributed by atoms with Gasteiger partial charge in [-0.25, -0.2) is 0 Å². The Bertz CT molecular complexity index is 828. The number of hydrogen-bond donors (Lipinski definition) is 3. The van der Waals surface area contributed by atoms with Gasteiger partial charge in [-0.2, -0.15) is 0 Å². The molecule has 3 N–H and O–H groups in total. The molecule has 2 aliphatic heterocycles. The molecule has 0 bridgehead atoms. The lowest BCUT2D eigenvalue weighted by Gasteiger charge is -2.42. The fourth-order valence-corrected chi connectivity index (χ4v) is 4.27. The Morgan fingerprint density at radius 1 is 1.25 bits per heavy atom. The zero-order valence-corrected chi connectivity index (χ0v) is 16.7. The third-order valence-corrected chi connectivity index (χ3v) is 6.08. The van der Waals surface area contributed by atoms with Crippen molar-refractivity contribution in [1.82, 2.24) is 5.32 Å². The second-order valence-corrected chi connectivity index (χ2v) is 8.00. The van der Waals surface area contributed by atoms with E-state index in [9.17, 15) is 10.2 Å². The smallest absolute Gasteiger partial charge is 0.130 e. The van der Waals surface area contributed by atoms with Crippen LogP contribution in [0.15, 0.2) is 42.5 Å². The summed E-state index contributed by atoms with van der Waals surface area (Å²) in [6.07, 6.45) is -0.443. The van der Waals surface area contributed by atoms with E-state index in [2.05, 4.69) is 5.32 Å². The van der Waals surface area contributed by atoms with Gasteiger partial charge in [0.05, 0.1) is 18.8 Å². The zero-order chi connectivity index (χ0) is 19.7. The maximum Gasteiger partial charge on any atom is 0.130 e. The monoisotopic (exact) mass is 403 g/mol. The van der Waals surface area contributed by atoms with E-state index in [0.29, 0.717) is 37.6 Å². The molecule has 0 amide bonds. The highest BCUT2D eigenvalue weighted by Crippen LogP contribution is 2.39. The number of benzene rings is 2. The Morgan fingerprint density at radius 2 is 2.04 bits per heavy atom. The Morgan fingerprint density at radius 3 is 2.79 bits per heavy atom. The molecule has 28 heavy (non-hydrogen) atoms. The molecule has 5 nitrogen and oxygen atoms in total. The van der Waals surface area contributed by atoms with Gasteiger partial charge in [0.1, 0.15) is 17.5 Å². The summed E-state index contributed by atoms with van der Waals surface area (Å²) in [6.45, 7) is 3.50. The molecule has 4 unspecified atom stereocenters. The SMILES string of the molecule is CCOc1ccc(Cc2cc(C3CC(O)C4(O)CNCC4O3)ccc2Cl)cc1. The van der Waals surface area contributed by atoms with E-state index in [1.807, 2.05) is 49.4 Å². The molecule has 2 heterocycles. The molecule has 2 aromatic carbocycles. The van der Waals surface area contributed by atoms with Crippen molar-refractivity contribution in [2.75, 3.05) is 19.7 Å². The van der Waals surface area contributed by atoms with Gasteiger partial charge in [-0.05, 0) is 48.2 Å². The van der Waals surface area contributed by atoms with Gasteiger partial charge < -0.3 is 25.0 Å². The molecule has 0 spiro atoms. The van der Waals surface area contributed by atoms with Gasteiger partial charge in [0.25, 0.3) is 0 Å². The van der Waals surface area contributed by atoms with Crippen LogP contribution in [0.1, 0.15) is 36.1 Å². The second kappa shape index (κ2) is 8.01. The van der Waals surface area contributed by atoms with Gasteiger partial charge in [0.15, 0.2) is 0 Å². The van der Waals surface area contributed by atoms with Crippen LogP contribution in [0.25, 0.3) is 0 Å². The highest BCUT2D eigenvalue weighted by atomic mass is 35.5. The Balaban J connectivity index is 1.52. The summed E-state index contributed by atoms with van der Waals surface area (Å²) >= 11 is 6.44. The summed E-state index contributed by atoms with van der Waals surface area (Å²) in [5.74, 6) is 0.855. The molecule has 2 fully saturated rings. The molecule has 4 atom stereocenters. The minimum absolute atomic E-state index is 0.267. The number of aliphatic hydroxyl groups is 2. The lowest BCUT2D eigenvalue weighted by atomic mass is 9.84. The van der Waals surface area contributed by atoms with E-state index in [1.54, 1.807) is 0 Å². The van der Waals surface area contributed by atoms with Crippen molar-refractivity contribution in [3.05, 3.63) is 64.2 Å². The molecule has 2 aromatic rings. The summed E-state index contributed by atoms with van der Waals surface area (Å²) < 4.78 is 11.6. The van der Waals surface area contributed by atoms with Gasteiger partial charge in [-0.15, -0.1) is 0 Å². The minimum Gasteiger partial charge on any atom is -0.494 e. The topological polar surface area (TPSA) is 71.0 Å². The molecule has 2 aliphatic rings. The minimum atomic E-state index is -1.20. The summed E-state index contributed by atoms with van der Waals surface area (Å²) in [7, 11) is 0. The fourth-order valence-electron chi connectivity index (χ4n) is 4.09. The van der Waals surface area contributed by atoms with E-state index < -0.39 is 17.8 Å². The summed E-state index contributed by atoms with van der Waals surface area (Å²) in [5, 5.41) is 24.9. The quantitative estimate of drug-likeness (QED) is 0.716. The first-order valence-corrected chi connectivity index (χ1v) is 10.1. The van der Waals surface area contributed by atoms with Crippen LogP contribution in [0.3, 0.4) is 0 Å². The number of hydrogen-bond acceptors (Lipinski definition) is 5. The molecule has 0 radical (unpaired) electrons. The number of ether oxygens (including phenoxy) is 2. The molecule has 150 valence electrons. The van der Waals surface area contributed by atoms with Gasteiger partial charge in [-0.3, -0.25) is 0 Å². The molecule has 6 heteroatoms. The van der Waals surface area contributed by atoms with Crippen molar-refractivity contribution in [2.24, 2.45) is 0 Å².